The van der Waals surface area contributed by atoms with E-state index in [1.54, 1.807) is 12.1 Å². The van der Waals surface area contributed by atoms with E-state index in [2.05, 4.69) is 11.2 Å². The fraction of sp³-hybridized carbons (Fsp3) is 0.444. The zero-order valence-electron chi connectivity index (χ0n) is 14.7. The molecule has 26 heavy (non-hydrogen) atoms. The molecule has 1 aromatic carbocycles. The molecule has 0 atom stereocenters. The van der Waals surface area contributed by atoms with Gasteiger partial charge in [0.2, 0.25) is 5.91 Å². The molecule has 0 spiro atoms. The molecule has 1 amide bonds. The summed E-state index contributed by atoms with van der Waals surface area (Å²) in [5.41, 5.74) is 0.749. The number of anilines is 1. The Morgan fingerprint density at radius 3 is 2.73 bits per heavy atom. The number of benzene rings is 1. The van der Waals surface area contributed by atoms with Gasteiger partial charge in [-0.05, 0) is 25.5 Å². The fourth-order valence-electron chi connectivity index (χ4n) is 2.93. The first-order valence-corrected chi connectivity index (χ1v) is 8.39. The van der Waals surface area contributed by atoms with E-state index in [1.165, 1.54) is 13.0 Å². The summed E-state index contributed by atoms with van der Waals surface area (Å²) in [6, 6.07) is 4.57. The number of nitrogens with zero attached hydrogens (tertiary/aromatic N) is 3. The first-order chi connectivity index (χ1) is 12.4. The molecular weight excluding hydrogens is 336 g/mol. The van der Waals surface area contributed by atoms with Crippen molar-refractivity contribution in [3.05, 3.63) is 33.9 Å². The topological polar surface area (TPSA) is 95.8 Å². The van der Waals surface area contributed by atoms with Gasteiger partial charge in [-0.15, -0.1) is 6.42 Å². The predicted octanol–water partition coefficient (Wildman–Crippen LogP) is 1.06. The molecule has 1 saturated heterocycles. The van der Waals surface area contributed by atoms with Crippen molar-refractivity contribution >= 4 is 23.1 Å². The molecule has 1 N–H and O–H groups in total. The number of carbonyl (C=O) groups is 2. The average molecular weight is 358 g/mol. The van der Waals surface area contributed by atoms with Crippen LogP contribution < -0.4 is 10.2 Å². The first-order valence-electron chi connectivity index (χ1n) is 8.39. The highest BCUT2D eigenvalue weighted by Gasteiger charge is 2.24. The van der Waals surface area contributed by atoms with Crippen molar-refractivity contribution in [1.29, 1.82) is 0 Å². The Bertz CT molecular complexity index is 741. The number of Topliss-reactive ketones (excluding diaryl/α,β-unsaturated/α-hetero) is 1. The number of nitro groups is 1. The lowest BCUT2D eigenvalue weighted by atomic mass is 10.1. The lowest BCUT2D eigenvalue weighted by Crippen LogP contribution is -2.39. The highest BCUT2D eigenvalue weighted by molar-refractivity contribution is 5.95. The summed E-state index contributed by atoms with van der Waals surface area (Å²) in [7, 11) is 0. The quantitative estimate of drug-likeness (QED) is 0.354. The Morgan fingerprint density at radius 2 is 2.08 bits per heavy atom. The largest absolute Gasteiger partial charge is 0.365 e. The third kappa shape index (κ3) is 5.04. The third-order valence-electron chi connectivity index (χ3n) is 4.26. The predicted molar refractivity (Wildman–Crippen MR) is 98.2 cm³/mol. The Balaban J connectivity index is 2.09. The number of hydrogen-bond acceptors (Lipinski definition) is 6. The van der Waals surface area contributed by atoms with Crippen molar-refractivity contribution < 1.29 is 14.5 Å². The van der Waals surface area contributed by atoms with Crippen molar-refractivity contribution in [2.75, 3.05) is 44.2 Å². The van der Waals surface area contributed by atoms with Gasteiger partial charge >= 0.3 is 0 Å². The molecule has 0 unspecified atom stereocenters. The molecule has 0 aromatic heterocycles. The summed E-state index contributed by atoms with van der Waals surface area (Å²) >= 11 is 0. The molecule has 0 saturated carbocycles. The van der Waals surface area contributed by atoms with E-state index in [9.17, 15) is 19.7 Å². The van der Waals surface area contributed by atoms with Crippen molar-refractivity contribution in [2.24, 2.45) is 0 Å². The number of terminal acetylenes is 1. The van der Waals surface area contributed by atoms with Crippen LogP contribution in [0.2, 0.25) is 0 Å². The molecule has 1 heterocycles. The molecule has 0 bridgehead atoms. The monoisotopic (exact) mass is 358 g/mol. The molecule has 8 nitrogen and oxygen atoms in total. The summed E-state index contributed by atoms with van der Waals surface area (Å²) in [4.78, 5) is 38.2. The van der Waals surface area contributed by atoms with Crippen LogP contribution >= 0.6 is 0 Å². The van der Waals surface area contributed by atoms with Crippen molar-refractivity contribution in [2.45, 2.75) is 13.3 Å². The SMILES string of the molecule is C#CCNC(=O)CN1CCCN(c2ccc(C(C)=O)cc2[N+](=O)[O-])CC1. The zero-order valence-corrected chi connectivity index (χ0v) is 14.7. The first kappa shape index (κ1) is 19.4. The van der Waals surface area contributed by atoms with Crippen LogP contribution in [0.25, 0.3) is 0 Å². The van der Waals surface area contributed by atoms with Gasteiger partial charge in [0.05, 0.1) is 18.0 Å². The number of nitrogens with one attached hydrogen (secondary N) is 1. The standard InChI is InChI=1S/C18H22N4O4/c1-3-7-19-18(24)13-20-8-4-9-21(11-10-20)16-6-5-15(14(2)23)12-17(16)22(25)26/h1,5-6,12H,4,7-11,13H2,2H3,(H,19,24). The summed E-state index contributed by atoms with van der Waals surface area (Å²) in [5, 5.41) is 14.1. The Hall–Kier alpha value is -2.92. The Morgan fingerprint density at radius 1 is 1.31 bits per heavy atom. The molecule has 138 valence electrons. The van der Waals surface area contributed by atoms with Crippen LogP contribution in [0, 0.1) is 22.5 Å². The normalized spacial score (nSPS) is 15.0. The number of nitro benzene ring substituents is 1. The number of carbonyl (C=O) groups excluding carboxylic acids is 2. The second-order valence-corrected chi connectivity index (χ2v) is 6.11. The van der Waals surface area contributed by atoms with Crippen LogP contribution in [0.1, 0.15) is 23.7 Å². The summed E-state index contributed by atoms with van der Waals surface area (Å²) < 4.78 is 0. The lowest BCUT2D eigenvalue weighted by molar-refractivity contribution is -0.384. The molecule has 0 aliphatic carbocycles. The maximum Gasteiger partial charge on any atom is 0.293 e. The van der Waals surface area contributed by atoms with Crippen LogP contribution in [-0.4, -0.2) is 60.8 Å². The third-order valence-corrected chi connectivity index (χ3v) is 4.26. The summed E-state index contributed by atoms with van der Waals surface area (Å²) in [6.45, 7) is 4.36. The zero-order chi connectivity index (χ0) is 19.1. The highest BCUT2D eigenvalue weighted by Crippen LogP contribution is 2.30. The fourth-order valence-corrected chi connectivity index (χ4v) is 2.93. The molecule has 2 rings (SSSR count). The van der Waals surface area contributed by atoms with Crippen LogP contribution in [0.5, 0.6) is 0 Å². The van der Waals surface area contributed by atoms with Gasteiger partial charge in [-0.25, -0.2) is 0 Å². The number of amides is 1. The van der Waals surface area contributed by atoms with Crippen molar-refractivity contribution in [1.82, 2.24) is 10.2 Å². The maximum atomic E-state index is 11.8. The van der Waals surface area contributed by atoms with Gasteiger partial charge in [-0.3, -0.25) is 24.6 Å². The lowest BCUT2D eigenvalue weighted by Gasteiger charge is -2.23. The van der Waals surface area contributed by atoms with Gasteiger partial charge in [-0.2, -0.15) is 0 Å². The average Bonchev–Trinajstić information content (AvgIpc) is 2.84. The van der Waals surface area contributed by atoms with Crippen LogP contribution in [0.3, 0.4) is 0 Å². The minimum Gasteiger partial charge on any atom is -0.365 e. The minimum atomic E-state index is -0.461. The van der Waals surface area contributed by atoms with Crippen molar-refractivity contribution in [3.63, 3.8) is 0 Å². The van der Waals surface area contributed by atoms with Crippen LogP contribution in [-0.2, 0) is 4.79 Å². The van der Waals surface area contributed by atoms with E-state index in [0.717, 1.165) is 13.0 Å². The van der Waals surface area contributed by atoms with E-state index < -0.39 is 4.92 Å². The highest BCUT2D eigenvalue weighted by atomic mass is 16.6. The number of ketones is 1. The van der Waals surface area contributed by atoms with Gasteiger partial charge in [0.15, 0.2) is 5.78 Å². The van der Waals surface area contributed by atoms with Gasteiger partial charge in [-0.1, -0.05) is 5.92 Å². The number of rotatable bonds is 6. The molecule has 1 aliphatic heterocycles. The molecule has 1 aliphatic rings. The van der Waals surface area contributed by atoms with E-state index in [-0.39, 0.29) is 30.5 Å². The molecule has 8 heteroatoms. The van der Waals surface area contributed by atoms with E-state index in [4.69, 9.17) is 6.42 Å². The smallest absolute Gasteiger partial charge is 0.293 e. The summed E-state index contributed by atoms with van der Waals surface area (Å²) in [6.07, 6.45) is 5.90. The van der Waals surface area contributed by atoms with Crippen LogP contribution in [0.4, 0.5) is 11.4 Å². The second-order valence-electron chi connectivity index (χ2n) is 6.11. The van der Waals surface area contributed by atoms with Crippen molar-refractivity contribution in [3.8, 4) is 12.3 Å². The van der Waals surface area contributed by atoms with E-state index in [1.807, 2.05) is 9.80 Å². The molecule has 1 fully saturated rings. The molecule has 1 aromatic rings. The Labute approximate surface area is 152 Å². The molecular formula is C18H22N4O4. The van der Waals surface area contributed by atoms with Crippen LogP contribution in [0.15, 0.2) is 18.2 Å². The number of hydrogen-bond donors (Lipinski definition) is 1. The van der Waals surface area contributed by atoms with Gasteiger partial charge in [0.1, 0.15) is 5.69 Å². The van der Waals surface area contributed by atoms with Gasteiger partial charge in [0.25, 0.3) is 5.69 Å². The summed E-state index contributed by atoms with van der Waals surface area (Å²) in [5.74, 6) is 2.02. The maximum absolute atomic E-state index is 11.8. The minimum absolute atomic E-state index is 0.0714. The van der Waals surface area contributed by atoms with E-state index >= 15 is 0 Å². The van der Waals surface area contributed by atoms with Gasteiger partial charge in [0, 0.05) is 37.8 Å². The molecule has 0 radical (unpaired) electrons. The van der Waals surface area contributed by atoms with E-state index in [0.29, 0.717) is 30.9 Å². The second kappa shape index (κ2) is 8.97. The van der Waals surface area contributed by atoms with Gasteiger partial charge < -0.3 is 10.2 Å². The Kier molecular flexibility index (Phi) is 6.69.